The molecule has 2 aliphatic carbocycles. The van der Waals surface area contributed by atoms with Gasteiger partial charge in [0.2, 0.25) is 0 Å². The first-order valence-corrected chi connectivity index (χ1v) is 12.9. The SMILES string of the molecule is C=C(CCC=C(C)C)/C(NNC)=C(/C)C1=C/C2=C/C(CC3=CCCNCC3)=C\CC=C=C2CC1. The molecule has 0 saturated carbocycles. The van der Waals surface area contributed by atoms with Gasteiger partial charge in [-0.1, -0.05) is 48.1 Å². The molecule has 3 N–H and O–H groups in total. The minimum atomic E-state index is 0.952. The fourth-order valence-electron chi connectivity index (χ4n) is 4.78. The Morgan fingerprint density at radius 2 is 1.97 bits per heavy atom. The average molecular weight is 458 g/mol. The van der Waals surface area contributed by atoms with Crippen molar-refractivity contribution in [2.75, 3.05) is 20.1 Å². The van der Waals surface area contributed by atoms with Crippen molar-refractivity contribution in [1.29, 1.82) is 0 Å². The highest BCUT2D eigenvalue weighted by molar-refractivity contribution is 5.55. The lowest BCUT2D eigenvalue weighted by molar-refractivity contribution is 0.679. The lowest BCUT2D eigenvalue weighted by Crippen LogP contribution is -2.29. The van der Waals surface area contributed by atoms with Crippen molar-refractivity contribution in [3.63, 3.8) is 0 Å². The van der Waals surface area contributed by atoms with Gasteiger partial charge in [-0.3, -0.25) is 0 Å². The van der Waals surface area contributed by atoms with E-state index in [9.17, 15) is 0 Å². The zero-order chi connectivity index (χ0) is 24.3. The number of fused-ring (bicyclic) bond motifs is 1. The summed E-state index contributed by atoms with van der Waals surface area (Å²) in [5.41, 5.74) is 22.0. The van der Waals surface area contributed by atoms with Gasteiger partial charge < -0.3 is 10.7 Å². The van der Waals surface area contributed by atoms with Gasteiger partial charge >= 0.3 is 0 Å². The Morgan fingerprint density at radius 1 is 1.12 bits per heavy atom. The van der Waals surface area contributed by atoms with Crippen molar-refractivity contribution in [2.45, 2.75) is 72.1 Å². The maximum Gasteiger partial charge on any atom is 0.0545 e. The lowest BCUT2D eigenvalue weighted by Gasteiger charge is -2.23. The second-order valence-electron chi connectivity index (χ2n) is 9.74. The lowest BCUT2D eigenvalue weighted by atomic mass is 9.84. The van der Waals surface area contributed by atoms with Gasteiger partial charge in [-0.05, 0) is 119 Å². The normalized spacial score (nSPS) is 22.1. The quantitative estimate of drug-likeness (QED) is 0.150. The van der Waals surface area contributed by atoms with Crippen LogP contribution in [0, 0.1) is 0 Å². The summed E-state index contributed by atoms with van der Waals surface area (Å²) in [6.07, 6.45) is 22.4. The van der Waals surface area contributed by atoms with Gasteiger partial charge in [-0.15, -0.1) is 5.73 Å². The molecule has 3 aliphatic rings. The molecule has 0 bridgehead atoms. The Bertz CT molecular complexity index is 1010. The van der Waals surface area contributed by atoms with Crippen LogP contribution in [0.2, 0.25) is 0 Å². The summed E-state index contributed by atoms with van der Waals surface area (Å²) >= 11 is 0. The Morgan fingerprint density at radius 3 is 2.76 bits per heavy atom. The van der Waals surface area contributed by atoms with Crippen molar-refractivity contribution in [3.8, 4) is 0 Å². The number of hydrogen-bond acceptors (Lipinski definition) is 3. The monoisotopic (exact) mass is 457 g/mol. The molecule has 0 saturated heterocycles. The van der Waals surface area contributed by atoms with Crippen LogP contribution < -0.4 is 16.2 Å². The van der Waals surface area contributed by atoms with E-state index in [4.69, 9.17) is 0 Å². The molecule has 1 heterocycles. The predicted octanol–water partition coefficient (Wildman–Crippen LogP) is 7.05. The van der Waals surface area contributed by atoms with Gasteiger partial charge in [0, 0.05) is 12.6 Å². The van der Waals surface area contributed by atoms with E-state index in [0.29, 0.717) is 0 Å². The zero-order valence-electron chi connectivity index (χ0n) is 21.7. The molecule has 34 heavy (non-hydrogen) atoms. The van der Waals surface area contributed by atoms with E-state index in [1.807, 2.05) is 7.05 Å². The van der Waals surface area contributed by atoms with Gasteiger partial charge in [0.1, 0.15) is 0 Å². The number of nitrogens with one attached hydrogen (secondary N) is 3. The van der Waals surface area contributed by atoms with Crippen LogP contribution in [0.5, 0.6) is 0 Å². The standard InChI is InChI=1S/C31H43N3/c1-23(2)10-8-11-24(3)31(34-32-5)25(4)29-16-15-28-14-7-6-12-27(21-30(28)22-29)20-26-13-9-18-33-19-17-26/h7,10,12-13,21-22,32-34H,3,6,8-9,11,15-20H2,1-2,4-5H3/b27-12-,30-21-,31-25+. The van der Waals surface area contributed by atoms with Crippen LogP contribution in [0.25, 0.3) is 0 Å². The topological polar surface area (TPSA) is 36.1 Å². The van der Waals surface area contributed by atoms with Crippen molar-refractivity contribution in [2.24, 2.45) is 0 Å². The van der Waals surface area contributed by atoms with Crippen LogP contribution in [0.1, 0.15) is 72.1 Å². The van der Waals surface area contributed by atoms with E-state index in [1.54, 1.807) is 5.57 Å². The van der Waals surface area contributed by atoms with E-state index < -0.39 is 0 Å². The average Bonchev–Trinajstić information content (AvgIpc) is 3.07. The smallest absolute Gasteiger partial charge is 0.0545 e. The van der Waals surface area contributed by atoms with Gasteiger partial charge in [0.05, 0.1) is 5.70 Å². The summed E-state index contributed by atoms with van der Waals surface area (Å²) in [7, 11) is 1.92. The molecule has 182 valence electrons. The molecule has 0 spiro atoms. The third-order valence-electron chi connectivity index (χ3n) is 6.70. The molecule has 0 radical (unpaired) electrons. The van der Waals surface area contributed by atoms with Crippen LogP contribution in [0.3, 0.4) is 0 Å². The fraction of sp³-hybridized carbons (Fsp3) is 0.452. The van der Waals surface area contributed by atoms with E-state index >= 15 is 0 Å². The third-order valence-corrected chi connectivity index (χ3v) is 6.70. The van der Waals surface area contributed by atoms with Crippen molar-refractivity contribution in [3.05, 3.63) is 99.0 Å². The third kappa shape index (κ3) is 7.74. The summed E-state index contributed by atoms with van der Waals surface area (Å²) < 4.78 is 0. The highest BCUT2D eigenvalue weighted by Gasteiger charge is 2.18. The second kappa shape index (κ2) is 13.3. The molecule has 0 fully saturated rings. The molecular weight excluding hydrogens is 414 g/mol. The van der Waals surface area contributed by atoms with Gasteiger partial charge in [-0.2, -0.15) is 0 Å². The molecule has 0 atom stereocenters. The molecule has 0 unspecified atom stereocenters. The summed E-state index contributed by atoms with van der Waals surface area (Å²) in [5.74, 6) is 0. The van der Waals surface area contributed by atoms with Gasteiger partial charge in [-0.25, -0.2) is 5.43 Å². The van der Waals surface area contributed by atoms with Gasteiger partial charge in [0.25, 0.3) is 0 Å². The zero-order valence-corrected chi connectivity index (χ0v) is 21.7. The molecule has 0 aromatic rings. The van der Waals surface area contributed by atoms with Crippen molar-refractivity contribution >= 4 is 0 Å². The maximum absolute atomic E-state index is 4.41. The van der Waals surface area contributed by atoms with E-state index in [0.717, 1.165) is 75.7 Å². The number of rotatable bonds is 9. The van der Waals surface area contributed by atoms with Crippen LogP contribution in [0.4, 0.5) is 0 Å². The van der Waals surface area contributed by atoms with Crippen LogP contribution >= 0.6 is 0 Å². The van der Waals surface area contributed by atoms with Crippen molar-refractivity contribution in [1.82, 2.24) is 16.2 Å². The molecule has 3 heteroatoms. The molecule has 0 amide bonds. The number of allylic oxidation sites excluding steroid dienone is 11. The highest BCUT2D eigenvalue weighted by Crippen LogP contribution is 2.35. The first-order chi connectivity index (χ1) is 16.5. The Balaban J connectivity index is 1.88. The predicted molar refractivity (Wildman–Crippen MR) is 147 cm³/mol. The molecule has 0 aromatic carbocycles. The Labute approximate surface area is 207 Å². The molecule has 3 rings (SSSR count). The van der Waals surface area contributed by atoms with Crippen LogP contribution in [-0.4, -0.2) is 20.1 Å². The summed E-state index contributed by atoms with van der Waals surface area (Å²) in [4.78, 5) is 0. The minimum Gasteiger partial charge on any atom is -0.321 e. The summed E-state index contributed by atoms with van der Waals surface area (Å²) in [6, 6.07) is 0. The van der Waals surface area contributed by atoms with E-state index in [2.05, 4.69) is 85.7 Å². The van der Waals surface area contributed by atoms with Gasteiger partial charge in [0.15, 0.2) is 0 Å². The second-order valence-corrected chi connectivity index (χ2v) is 9.74. The first-order valence-electron chi connectivity index (χ1n) is 12.9. The molecule has 3 nitrogen and oxygen atoms in total. The van der Waals surface area contributed by atoms with Crippen LogP contribution in [-0.2, 0) is 0 Å². The number of hydrogen-bond donors (Lipinski definition) is 3. The Kier molecular flexibility index (Phi) is 10.2. The Hall–Kier alpha value is -2.58. The number of hydrazine groups is 1. The highest BCUT2D eigenvalue weighted by atomic mass is 15.3. The summed E-state index contributed by atoms with van der Waals surface area (Å²) in [5, 5.41) is 3.51. The summed E-state index contributed by atoms with van der Waals surface area (Å²) in [6.45, 7) is 13.1. The largest absolute Gasteiger partial charge is 0.321 e. The minimum absolute atomic E-state index is 0.952. The van der Waals surface area contributed by atoms with Crippen molar-refractivity contribution < 1.29 is 0 Å². The molecule has 0 aromatic heterocycles. The maximum atomic E-state index is 4.41. The first kappa shape index (κ1) is 26.0. The van der Waals surface area contributed by atoms with Crippen LogP contribution in [0.15, 0.2) is 99.0 Å². The fourth-order valence-corrected chi connectivity index (χ4v) is 4.78. The molecule has 1 aliphatic heterocycles. The van der Waals surface area contributed by atoms with E-state index in [1.165, 1.54) is 33.4 Å². The van der Waals surface area contributed by atoms with E-state index in [-0.39, 0.29) is 0 Å². The molecular formula is C31H43N3.